The predicted molar refractivity (Wildman–Crippen MR) is 67.5 cm³/mol. The highest BCUT2D eigenvalue weighted by Gasteiger charge is 2.41. The Labute approximate surface area is 106 Å². The smallest absolute Gasteiger partial charge is 0.354 e. The first-order chi connectivity index (χ1) is 8.61. The molecule has 3 rings (SSSR count). The Kier molecular flexibility index (Phi) is 2.50. The topological polar surface area (TPSA) is 65.6 Å². The Hall–Kier alpha value is -1.65. The highest BCUT2D eigenvalue weighted by Crippen LogP contribution is 2.43. The van der Waals surface area contributed by atoms with E-state index in [4.69, 9.17) is 9.84 Å². The van der Waals surface area contributed by atoms with Gasteiger partial charge in [-0.05, 0) is 25.7 Å². The molecule has 1 spiro atoms. The number of nitrogens with zero attached hydrogens (tertiary/aromatic N) is 1. The molecule has 2 aliphatic rings. The molecule has 0 amide bonds. The highest BCUT2D eigenvalue weighted by molar-refractivity contribution is 5.94. The minimum atomic E-state index is -0.939. The average Bonchev–Trinajstić information content (AvgIpc) is 2.73. The first kappa shape index (κ1) is 11.4. The molecule has 1 aliphatic heterocycles. The number of carbonyl (C=O) groups is 1. The number of fused-ring (bicyclic) bond motifs is 1. The molecule has 2 heterocycles. The van der Waals surface area contributed by atoms with E-state index in [2.05, 4.69) is 4.98 Å². The summed E-state index contributed by atoms with van der Waals surface area (Å²) >= 11 is 0. The fourth-order valence-corrected chi connectivity index (χ4v) is 3.25. The predicted octanol–water partition coefficient (Wildman–Crippen LogP) is 2.24. The molecule has 98 valence electrons. The number of hydrogen-bond donors (Lipinski definition) is 2. The van der Waals surface area contributed by atoms with Crippen LogP contribution in [0.15, 0.2) is 6.20 Å². The monoisotopic (exact) mass is 250 g/mol. The first-order valence-corrected chi connectivity index (χ1v) is 6.46. The van der Waals surface area contributed by atoms with Gasteiger partial charge in [0, 0.05) is 13.2 Å². The summed E-state index contributed by atoms with van der Waals surface area (Å²) in [6.07, 6.45) is 7.45. The van der Waals surface area contributed by atoms with Crippen LogP contribution in [0.2, 0.25) is 0 Å². The van der Waals surface area contributed by atoms with Crippen LogP contribution in [0.5, 0.6) is 5.75 Å². The number of H-pyrrole nitrogens is 1. The molecular formula is C13H18N2O3. The molecule has 0 atom stereocenters. The molecule has 1 aromatic heterocycles. The van der Waals surface area contributed by atoms with Gasteiger partial charge in [-0.25, -0.2) is 4.79 Å². The van der Waals surface area contributed by atoms with Gasteiger partial charge in [-0.3, -0.25) is 0 Å². The maximum Gasteiger partial charge on any atom is 0.354 e. The third-order valence-corrected chi connectivity index (χ3v) is 4.03. The number of ether oxygens (including phenoxy) is 1. The van der Waals surface area contributed by atoms with Gasteiger partial charge >= 0.3 is 5.97 Å². The lowest BCUT2D eigenvalue weighted by atomic mass is 9.83. The van der Waals surface area contributed by atoms with Crippen LogP contribution in [0.25, 0.3) is 0 Å². The lowest BCUT2D eigenvalue weighted by Crippen LogP contribution is -2.50. The van der Waals surface area contributed by atoms with Crippen LogP contribution < -0.4 is 9.64 Å². The second kappa shape index (κ2) is 3.93. The highest BCUT2D eigenvalue weighted by atomic mass is 16.5. The van der Waals surface area contributed by atoms with Gasteiger partial charge in [0.05, 0.1) is 6.54 Å². The van der Waals surface area contributed by atoms with Crippen LogP contribution in [0.3, 0.4) is 0 Å². The molecule has 1 aromatic rings. The van der Waals surface area contributed by atoms with Crippen LogP contribution >= 0.6 is 0 Å². The second-order valence-corrected chi connectivity index (χ2v) is 5.38. The summed E-state index contributed by atoms with van der Waals surface area (Å²) in [5.74, 6) is -0.255. The Bertz CT molecular complexity index is 475. The molecule has 0 saturated heterocycles. The van der Waals surface area contributed by atoms with Gasteiger partial charge in [-0.2, -0.15) is 0 Å². The maximum absolute atomic E-state index is 11.1. The molecule has 0 unspecified atom stereocenters. The van der Waals surface area contributed by atoms with Crippen molar-refractivity contribution in [2.45, 2.75) is 37.7 Å². The fraction of sp³-hybridized carbons (Fsp3) is 0.615. The number of nitrogens with one attached hydrogen (secondary N) is 1. The minimum absolute atomic E-state index is 0.113. The van der Waals surface area contributed by atoms with Crippen LogP contribution in [0.1, 0.15) is 42.6 Å². The van der Waals surface area contributed by atoms with Crippen molar-refractivity contribution in [1.29, 1.82) is 0 Å². The van der Waals surface area contributed by atoms with E-state index in [0.717, 1.165) is 19.4 Å². The zero-order valence-electron chi connectivity index (χ0n) is 10.5. The largest absolute Gasteiger partial charge is 0.482 e. The Balaban J connectivity index is 1.96. The summed E-state index contributed by atoms with van der Waals surface area (Å²) in [6.45, 7) is 0.776. The Morgan fingerprint density at radius 1 is 1.44 bits per heavy atom. The normalized spacial score (nSPS) is 21.5. The molecule has 1 saturated carbocycles. The van der Waals surface area contributed by atoms with Crippen molar-refractivity contribution in [2.75, 3.05) is 18.5 Å². The number of aromatic amines is 1. The number of anilines is 1. The van der Waals surface area contributed by atoms with E-state index in [0.29, 0.717) is 11.4 Å². The summed E-state index contributed by atoms with van der Waals surface area (Å²) in [6, 6.07) is 0. The van der Waals surface area contributed by atoms with E-state index in [1.54, 1.807) is 6.20 Å². The number of likely N-dealkylation sites (N-methyl/N-ethyl adjacent to an activating group) is 1. The second-order valence-electron chi connectivity index (χ2n) is 5.38. The lowest BCUT2D eigenvalue weighted by Gasteiger charge is -2.44. The van der Waals surface area contributed by atoms with E-state index >= 15 is 0 Å². The molecule has 18 heavy (non-hydrogen) atoms. The summed E-state index contributed by atoms with van der Waals surface area (Å²) in [7, 11) is 1.94. The minimum Gasteiger partial charge on any atom is -0.482 e. The number of carboxylic acids is 1. The van der Waals surface area contributed by atoms with Gasteiger partial charge in [0.25, 0.3) is 0 Å². The Morgan fingerprint density at radius 3 is 2.83 bits per heavy atom. The van der Waals surface area contributed by atoms with Gasteiger partial charge in [0.2, 0.25) is 0 Å². The molecule has 1 aliphatic carbocycles. The molecule has 0 bridgehead atoms. The van der Waals surface area contributed by atoms with Crippen molar-refractivity contribution in [3.63, 3.8) is 0 Å². The van der Waals surface area contributed by atoms with Crippen molar-refractivity contribution in [2.24, 2.45) is 0 Å². The van der Waals surface area contributed by atoms with Gasteiger partial charge in [0.15, 0.2) is 11.4 Å². The number of carboxylic acid groups (broad SMARTS) is 1. The van der Waals surface area contributed by atoms with Crippen molar-refractivity contribution < 1.29 is 14.6 Å². The molecule has 5 heteroatoms. The van der Waals surface area contributed by atoms with E-state index in [1.165, 1.54) is 19.3 Å². The summed E-state index contributed by atoms with van der Waals surface area (Å²) in [5, 5.41) is 9.14. The van der Waals surface area contributed by atoms with Gasteiger partial charge in [-0.15, -0.1) is 0 Å². The van der Waals surface area contributed by atoms with E-state index in [-0.39, 0.29) is 11.3 Å². The molecule has 0 radical (unpaired) electrons. The first-order valence-electron chi connectivity index (χ1n) is 6.46. The summed E-state index contributed by atoms with van der Waals surface area (Å²) < 4.78 is 6.13. The third-order valence-electron chi connectivity index (χ3n) is 4.03. The molecular weight excluding hydrogens is 232 g/mol. The lowest BCUT2D eigenvalue weighted by molar-refractivity contribution is 0.0300. The van der Waals surface area contributed by atoms with Crippen LogP contribution in [-0.2, 0) is 0 Å². The van der Waals surface area contributed by atoms with E-state index in [1.807, 2.05) is 11.9 Å². The van der Waals surface area contributed by atoms with Crippen LogP contribution in [0.4, 0.5) is 5.69 Å². The number of rotatable bonds is 1. The molecule has 2 N–H and O–H groups in total. The van der Waals surface area contributed by atoms with Crippen LogP contribution in [0, 0.1) is 0 Å². The summed E-state index contributed by atoms with van der Waals surface area (Å²) in [5.41, 5.74) is 0.787. The van der Waals surface area contributed by atoms with Crippen molar-refractivity contribution in [3.8, 4) is 5.75 Å². The average molecular weight is 250 g/mol. The number of hydrogen-bond acceptors (Lipinski definition) is 3. The molecule has 1 fully saturated rings. The third kappa shape index (κ3) is 1.65. The summed E-state index contributed by atoms with van der Waals surface area (Å²) in [4.78, 5) is 16.0. The number of aromatic carboxylic acids is 1. The zero-order chi connectivity index (χ0) is 12.8. The van der Waals surface area contributed by atoms with Gasteiger partial charge < -0.3 is 19.7 Å². The van der Waals surface area contributed by atoms with Crippen molar-refractivity contribution >= 4 is 11.7 Å². The van der Waals surface area contributed by atoms with Crippen LogP contribution in [-0.4, -0.2) is 35.3 Å². The SMILES string of the molecule is CN1CC2(CCCCC2)Oc2c[nH]c(C(=O)O)c21. The van der Waals surface area contributed by atoms with Gasteiger partial charge in [0.1, 0.15) is 11.3 Å². The number of aromatic nitrogens is 1. The fourth-order valence-electron chi connectivity index (χ4n) is 3.25. The van der Waals surface area contributed by atoms with E-state index in [9.17, 15) is 4.79 Å². The maximum atomic E-state index is 11.1. The van der Waals surface area contributed by atoms with Crippen molar-refractivity contribution in [1.82, 2.24) is 4.98 Å². The standard InChI is InChI=1S/C13H18N2O3/c1-15-8-13(5-3-2-4-6-13)18-9-7-14-10(11(9)15)12(16)17/h7,14H,2-6,8H2,1H3,(H,16,17). The van der Waals surface area contributed by atoms with Gasteiger partial charge in [-0.1, -0.05) is 6.42 Å². The zero-order valence-corrected chi connectivity index (χ0v) is 10.5. The Morgan fingerprint density at radius 2 is 2.17 bits per heavy atom. The van der Waals surface area contributed by atoms with Crippen molar-refractivity contribution in [3.05, 3.63) is 11.9 Å². The molecule has 5 nitrogen and oxygen atoms in total. The molecule has 0 aromatic carbocycles. The van der Waals surface area contributed by atoms with E-state index < -0.39 is 5.97 Å². The quantitative estimate of drug-likeness (QED) is 0.802.